The molecule has 1 aromatic carbocycles. The number of benzene rings is 1. The Hall–Kier alpha value is -1.75. The number of anilines is 1. The summed E-state index contributed by atoms with van der Waals surface area (Å²) in [5.41, 5.74) is 6.48. The van der Waals surface area contributed by atoms with Gasteiger partial charge in [-0.2, -0.15) is 0 Å². The number of amides is 1. The Morgan fingerprint density at radius 1 is 1.50 bits per heavy atom. The first-order chi connectivity index (χ1) is 9.32. The quantitative estimate of drug-likeness (QED) is 0.839. The molecule has 0 saturated carbocycles. The van der Waals surface area contributed by atoms with Crippen molar-refractivity contribution < 1.29 is 14.3 Å². The van der Waals surface area contributed by atoms with E-state index in [1.54, 1.807) is 30.2 Å². The Morgan fingerprint density at radius 3 is 2.80 bits per heavy atom. The summed E-state index contributed by atoms with van der Waals surface area (Å²) in [6.07, 6.45) is 0.00903. The lowest BCUT2D eigenvalue weighted by Crippen LogP contribution is -2.53. The van der Waals surface area contributed by atoms with Gasteiger partial charge in [-0.05, 0) is 39.0 Å². The second-order valence-electron chi connectivity index (χ2n) is 5.83. The van der Waals surface area contributed by atoms with Crippen molar-refractivity contribution in [2.75, 3.05) is 25.9 Å². The number of carbonyl (C=O) groups excluding carboxylic acids is 1. The summed E-state index contributed by atoms with van der Waals surface area (Å²) >= 11 is 0. The molecule has 1 unspecified atom stereocenters. The number of ether oxygens (including phenoxy) is 2. The summed E-state index contributed by atoms with van der Waals surface area (Å²) in [7, 11) is 1.55. The van der Waals surface area contributed by atoms with Gasteiger partial charge in [0.15, 0.2) is 0 Å². The van der Waals surface area contributed by atoms with E-state index >= 15 is 0 Å². The SMILES string of the molecule is COc1ccc(N)cc1C(=O)N1CC(C)OC(C)(C)C1. The van der Waals surface area contributed by atoms with Crippen LogP contribution in [0.1, 0.15) is 31.1 Å². The molecule has 0 aromatic heterocycles. The number of morpholine rings is 1. The van der Waals surface area contributed by atoms with E-state index in [4.69, 9.17) is 15.2 Å². The van der Waals surface area contributed by atoms with Crippen molar-refractivity contribution in [2.45, 2.75) is 32.5 Å². The lowest BCUT2D eigenvalue weighted by Gasteiger charge is -2.41. The van der Waals surface area contributed by atoms with Gasteiger partial charge in [-0.15, -0.1) is 0 Å². The highest BCUT2D eigenvalue weighted by atomic mass is 16.5. The average Bonchev–Trinajstić information content (AvgIpc) is 2.35. The lowest BCUT2D eigenvalue weighted by molar-refractivity contribution is -0.118. The predicted octanol–water partition coefficient (Wildman–Crippen LogP) is 1.92. The predicted molar refractivity (Wildman–Crippen MR) is 77.9 cm³/mol. The van der Waals surface area contributed by atoms with E-state index < -0.39 is 0 Å². The van der Waals surface area contributed by atoms with Gasteiger partial charge in [0.05, 0.1) is 24.4 Å². The van der Waals surface area contributed by atoms with Crippen molar-refractivity contribution in [3.05, 3.63) is 23.8 Å². The van der Waals surface area contributed by atoms with E-state index in [1.807, 2.05) is 20.8 Å². The summed E-state index contributed by atoms with van der Waals surface area (Å²) in [5, 5.41) is 0. The first-order valence-electron chi connectivity index (χ1n) is 6.73. The number of methoxy groups -OCH3 is 1. The molecule has 2 N–H and O–H groups in total. The molecule has 1 aliphatic heterocycles. The fraction of sp³-hybridized carbons (Fsp3) is 0.533. The minimum Gasteiger partial charge on any atom is -0.496 e. The molecule has 1 heterocycles. The highest BCUT2D eigenvalue weighted by Crippen LogP contribution is 2.26. The molecule has 1 aliphatic rings. The molecule has 1 amide bonds. The Bertz CT molecular complexity index is 514. The number of nitrogens with two attached hydrogens (primary N) is 1. The zero-order valence-corrected chi connectivity index (χ0v) is 12.5. The number of rotatable bonds is 2. The third-order valence-corrected chi connectivity index (χ3v) is 3.31. The Morgan fingerprint density at radius 2 is 2.20 bits per heavy atom. The van der Waals surface area contributed by atoms with Crippen LogP contribution in [0.15, 0.2) is 18.2 Å². The summed E-state index contributed by atoms with van der Waals surface area (Å²) < 4.78 is 11.1. The smallest absolute Gasteiger partial charge is 0.257 e. The molecule has 0 radical (unpaired) electrons. The molecule has 5 nitrogen and oxygen atoms in total. The molecule has 20 heavy (non-hydrogen) atoms. The van der Waals surface area contributed by atoms with Crippen LogP contribution >= 0.6 is 0 Å². The minimum absolute atomic E-state index is 0.00903. The topological polar surface area (TPSA) is 64.8 Å². The first-order valence-corrected chi connectivity index (χ1v) is 6.73. The Balaban J connectivity index is 2.29. The van der Waals surface area contributed by atoms with Gasteiger partial charge < -0.3 is 20.1 Å². The fourth-order valence-electron chi connectivity index (χ4n) is 2.67. The second-order valence-corrected chi connectivity index (χ2v) is 5.83. The maximum atomic E-state index is 12.7. The van der Waals surface area contributed by atoms with Crippen LogP contribution < -0.4 is 10.5 Å². The van der Waals surface area contributed by atoms with Crippen molar-refractivity contribution >= 4 is 11.6 Å². The first kappa shape index (κ1) is 14.7. The van der Waals surface area contributed by atoms with Crippen LogP contribution in [0.25, 0.3) is 0 Å². The zero-order valence-electron chi connectivity index (χ0n) is 12.5. The number of hydrogen-bond acceptors (Lipinski definition) is 4. The largest absolute Gasteiger partial charge is 0.496 e. The summed E-state index contributed by atoms with van der Waals surface area (Å²) in [6, 6.07) is 5.10. The van der Waals surface area contributed by atoms with Gasteiger partial charge in [0, 0.05) is 18.8 Å². The maximum absolute atomic E-state index is 12.7. The fourth-order valence-corrected chi connectivity index (χ4v) is 2.67. The van der Waals surface area contributed by atoms with Gasteiger partial charge in [0.2, 0.25) is 0 Å². The molecule has 0 bridgehead atoms. The third-order valence-electron chi connectivity index (χ3n) is 3.31. The van der Waals surface area contributed by atoms with Crippen molar-refractivity contribution in [3.63, 3.8) is 0 Å². The molecular weight excluding hydrogens is 256 g/mol. The second kappa shape index (κ2) is 5.32. The van der Waals surface area contributed by atoms with E-state index in [1.165, 1.54) is 0 Å². The summed E-state index contributed by atoms with van der Waals surface area (Å²) in [4.78, 5) is 14.5. The van der Waals surface area contributed by atoms with Gasteiger partial charge in [-0.25, -0.2) is 0 Å². The van der Waals surface area contributed by atoms with E-state index in [0.717, 1.165) is 0 Å². The van der Waals surface area contributed by atoms with Gasteiger partial charge >= 0.3 is 0 Å². The van der Waals surface area contributed by atoms with E-state index in [-0.39, 0.29) is 17.6 Å². The number of nitrogens with zero attached hydrogens (tertiary/aromatic N) is 1. The van der Waals surface area contributed by atoms with E-state index in [0.29, 0.717) is 30.1 Å². The van der Waals surface area contributed by atoms with Crippen molar-refractivity contribution in [3.8, 4) is 5.75 Å². The van der Waals surface area contributed by atoms with Crippen LogP contribution in [0.4, 0.5) is 5.69 Å². The molecule has 1 saturated heterocycles. The van der Waals surface area contributed by atoms with Crippen LogP contribution in [0.2, 0.25) is 0 Å². The standard InChI is InChI=1S/C15H22N2O3/c1-10-8-17(9-15(2,3)20-10)14(18)12-7-11(16)5-6-13(12)19-4/h5-7,10H,8-9,16H2,1-4H3. The van der Waals surface area contributed by atoms with Gasteiger partial charge in [0.25, 0.3) is 5.91 Å². The van der Waals surface area contributed by atoms with E-state index in [2.05, 4.69) is 0 Å². The summed E-state index contributed by atoms with van der Waals surface area (Å²) in [5.74, 6) is 0.471. The molecule has 1 fully saturated rings. The summed E-state index contributed by atoms with van der Waals surface area (Å²) in [6.45, 7) is 7.06. The van der Waals surface area contributed by atoms with Crippen molar-refractivity contribution in [2.24, 2.45) is 0 Å². The molecule has 2 rings (SSSR count). The van der Waals surface area contributed by atoms with Gasteiger partial charge in [-0.3, -0.25) is 4.79 Å². The third kappa shape index (κ3) is 3.04. The van der Waals surface area contributed by atoms with Crippen LogP contribution in [0, 0.1) is 0 Å². The number of nitrogen functional groups attached to an aromatic ring is 1. The van der Waals surface area contributed by atoms with Crippen LogP contribution in [-0.2, 0) is 4.74 Å². The number of hydrogen-bond donors (Lipinski definition) is 1. The molecular formula is C15H22N2O3. The molecule has 5 heteroatoms. The highest BCUT2D eigenvalue weighted by molar-refractivity contribution is 5.98. The van der Waals surface area contributed by atoms with E-state index in [9.17, 15) is 4.79 Å². The molecule has 0 aliphatic carbocycles. The number of carbonyl (C=O) groups is 1. The molecule has 1 aromatic rings. The molecule has 0 spiro atoms. The maximum Gasteiger partial charge on any atom is 0.257 e. The Kier molecular flexibility index (Phi) is 3.90. The zero-order chi connectivity index (χ0) is 14.9. The average molecular weight is 278 g/mol. The van der Waals surface area contributed by atoms with Crippen molar-refractivity contribution in [1.29, 1.82) is 0 Å². The molecule has 110 valence electrons. The Labute approximate surface area is 119 Å². The lowest BCUT2D eigenvalue weighted by atomic mass is 10.0. The minimum atomic E-state index is -0.346. The highest BCUT2D eigenvalue weighted by Gasteiger charge is 2.34. The van der Waals surface area contributed by atoms with Gasteiger partial charge in [0.1, 0.15) is 5.75 Å². The van der Waals surface area contributed by atoms with Crippen LogP contribution in [0.5, 0.6) is 5.75 Å². The van der Waals surface area contributed by atoms with Crippen molar-refractivity contribution in [1.82, 2.24) is 4.90 Å². The molecule has 1 atom stereocenters. The van der Waals surface area contributed by atoms with Crippen LogP contribution in [-0.4, -0.2) is 42.7 Å². The van der Waals surface area contributed by atoms with Crippen LogP contribution in [0.3, 0.4) is 0 Å². The van der Waals surface area contributed by atoms with Gasteiger partial charge in [-0.1, -0.05) is 0 Å². The normalized spacial score (nSPS) is 21.6. The monoisotopic (exact) mass is 278 g/mol.